The van der Waals surface area contributed by atoms with Crippen LogP contribution in [0.15, 0.2) is 0 Å². The maximum atomic E-state index is 12.7. The van der Waals surface area contributed by atoms with Crippen LogP contribution in [0.5, 0.6) is 0 Å². The molecule has 0 spiro atoms. The second-order valence-electron chi connectivity index (χ2n) is 17.3. The lowest BCUT2D eigenvalue weighted by molar-refractivity contribution is -0.167. The number of esters is 3. The fourth-order valence-electron chi connectivity index (χ4n) is 7.11. The number of hydrogen-bond acceptors (Lipinski definition) is 6. The minimum absolute atomic E-state index is 0.0653. The van der Waals surface area contributed by atoms with Gasteiger partial charge in [0, 0.05) is 19.3 Å². The SMILES string of the molecule is CCCCCCCCCCCCCCCCC(=O)O[C@H](COC(=O)CCCCCCCCCCCC(C)C)COC(=O)CCCCCCCCCC(C)C. The number of hydrogen-bond donors (Lipinski definition) is 0. The van der Waals surface area contributed by atoms with E-state index in [4.69, 9.17) is 14.2 Å². The standard InChI is InChI=1S/C48H92O6/c1-6-7-8-9-10-11-12-13-14-15-18-24-30-35-40-48(51)54-45(42-53-47(50)39-34-29-25-20-22-27-32-37-44(4)5)41-52-46(49)38-33-28-23-19-16-17-21-26-31-36-43(2)3/h43-45H,6-42H2,1-5H3/t45-/m1/s1. The molecule has 54 heavy (non-hydrogen) atoms. The van der Waals surface area contributed by atoms with Crippen molar-refractivity contribution in [2.24, 2.45) is 11.8 Å². The molecule has 0 bridgehead atoms. The summed E-state index contributed by atoms with van der Waals surface area (Å²) >= 11 is 0. The van der Waals surface area contributed by atoms with E-state index in [1.807, 2.05) is 0 Å². The fourth-order valence-corrected chi connectivity index (χ4v) is 7.11. The minimum atomic E-state index is -0.761. The molecule has 0 saturated carbocycles. The lowest BCUT2D eigenvalue weighted by Crippen LogP contribution is -2.30. The van der Waals surface area contributed by atoms with Crippen molar-refractivity contribution in [1.29, 1.82) is 0 Å². The van der Waals surface area contributed by atoms with Crippen LogP contribution in [0, 0.1) is 11.8 Å². The molecule has 0 heterocycles. The molecule has 320 valence electrons. The molecular weight excluding hydrogens is 673 g/mol. The van der Waals surface area contributed by atoms with E-state index >= 15 is 0 Å². The van der Waals surface area contributed by atoms with Crippen LogP contribution in [0.3, 0.4) is 0 Å². The summed E-state index contributed by atoms with van der Waals surface area (Å²) in [6.45, 7) is 11.3. The van der Waals surface area contributed by atoms with Gasteiger partial charge >= 0.3 is 17.9 Å². The molecule has 0 aliphatic heterocycles. The van der Waals surface area contributed by atoms with Crippen molar-refractivity contribution in [3.63, 3.8) is 0 Å². The highest BCUT2D eigenvalue weighted by Gasteiger charge is 2.19. The normalized spacial score (nSPS) is 12.1. The summed E-state index contributed by atoms with van der Waals surface area (Å²) in [4.78, 5) is 37.7. The Morgan fingerprint density at radius 3 is 0.907 bits per heavy atom. The van der Waals surface area contributed by atoms with Crippen LogP contribution in [0.2, 0.25) is 0 Å². The Hall–Kier alpha value is -1.59. The maximum absolute atomic E-state index is 12.7. The van der Waals surface area contributed by atoms with E-state index in [0.29, 0.717) is 19.3 Å². The minimum Gasteiger partial charge on any atom is -0.462 e. The fraction of sp³-hybridized carbons (Fsp3) is 0.938. The van der Waals surface area contributed by atoms with Gasteiger partial charge in [0.1, 0.15) is 13.2 Å². The Kier molecular flexibility index (Phi) is 39.8. The van der Waals surface area contributed by atoms with Gasteiger partial charge in [0.2, 0.25) is 0 Å². The third-order valence-corrected chi connectivity index (χ3v) is 10.7. The van der Waals surface area contributed by atoms with Crippen molar-refractivity contribution in [3.8, 4) is 0 Å². The van der Waals surface area contributed by atoms with Crippen molar-refractivity contribution < 1.29 is 28.6 Å². The van der Waals surface area contributed by atoms with Gasteiger partial charge in [-0.3, -0.25) is 14.4 Å². The summed E-state index contributed by atoms with van der Waals surface area (Å²) in [6.07, 6.45) is 39.5. The molecule has 0 saturated heterocycles. The molecular formula is C48H92O6. The van der Waals surface area contributed by atoms with Crippen LogP contribution in [0.1, 0.15) is 259 Å². The topological polar surface area (TPSA) is 78.9 Å². The summed E-state index contributed by atoms with van der Waals surface area (Å²) in [6, 6.07) is 0. The molecule has 0 radical (unpaired) electrons. The summed E-state index contributed by atoms with van der Waals surface area (Å²) in [5, 5.41) is 0. The van der Waals surface area contributed by atoms with Gasteiger partial charge in [0.15, 0.2) is 6.10 Å². The predicted molar refractivity (Wildman–Crippen MR) is 229 cm³/mol. The van der Waals surface area contributed by atoms with Crippen molar-refractivity contribution in [3.05, 3.63) is 0 Å². The third kappa shape index (κ3) is 41.6. The Labute approximate surface area is 336 Å². The van der Waals surface area contributed by atoms with Crippen LogP contribution in [-0.4, -0.2) is 37.2 Å². The van der Waals surface area contributed by atoms with Crippen molar-refractivity contribution in [1.82, 2.24) is 0 Å². The first-order chi connectivity index (χ1) is 26.2. The van der Waals surface area contributed by atoms with Gasteiger partial charge in [-0.1, -0.05) is 221 Å². The molecule has 0 aromatic heterocycles. The van der Waals surface area contributed by atoms with E-state index in [0.717, 1.165) is 69.6 Å². The molecule has 0 fully saturated rings. The van der Waals surface area contributed by atoms with Crippen LogP contribution in [0.25, 0.3) is 0 Å². The Balaban J connectivity index is 4.33. The van der Waals surface area contributed by atoms with E-state index in [1.165, 1.54) is 148 Å². The van der Waals surface area contributed by atoms with Crippen LogP contribution in [0.4, 0.5) is 0 Å². The maximum Gasteiger partial charge on any atom is 0.306 e. The second kappa shape index (κ2) is 41.1. The third-order valence-electron chi connectivity index (χ3n) is 10.7. The zero-order valence-corrected chi connectivity index (χ0v) is 36.8. The number of unbranched alkanes of at least 4 members (excludes halogenated alkanes) is 27. The van der Waals surface area contributed by atoms with Gasteiger partial charge < -0.3 is 14.2 Å². The Bertz CT molecular complexity index is 824. The first kappa shape index (κ1) is 52.4. The van der Waals surface area contributed by atoms with Gasteiger partial charge in [-0.15, -0.1) is 0 Å². The predicted octanol–water partition coefficient (Wildman–Crippen LogP) is 15.0. The summed E-state index contributed by atoms with van der Waals surface area (Å²) in [5.74, 6) is 0.732. The zero-order valence-electron chi connectivity index (χ0n) is 36.8. The van der Waals surface area contributed by atoms with E-state index in [-0.39, 0.29) is 31.1 Å². The summed E-state index contributed by atoms with van der Waals surface area (Å²) in [5.41, 5.74) is 0. The van der Waals surface area contributed by atoms with Gasteiger partial charge in [-0.25, -0.2) is 0 Å². The molecule has 0 amide bonds. The summed E-state index contributed by atoms with van der Waals surface area (Å²) in [7, 11) is 0. The van der Waals surface area contributed by atoms with Gasteiger partial charge in [0.05, 0.1) is 0 Å². The lowest BCUT2D eigenvalue weighted by Gasteiger charge is -2.18. The zero-order chi connectivity index (χ0) is 39.7. The molecule has 0 unspecified atom stereocenters. The molecule has 6 nitrogen and oxygen atoms in total. The lowest BCUT2D eigenvalue weighted by atomic mass is 10.0. The first-order valence-corrected chi connectivity index (χ1v) is 23.7. The molecule has 0 N–H and O–H groups in total. The smallest absolute Gasteiger partial charge is 0.306 e. The van der Waals surface area contributed by atoms with Crippen molar-refractivity contribution in [2.75, 3.05) is 13.2 Å². The van der Waals surface area contributed by atoms with E-state index in [9.17, 15) is 14.4 Å². The highest BCUT2D eigenvalue weighted by molar-refractivity contribution is 5.71. The Morgan fingerprint density at radius 2 is 0.611 bits per heavy atom. The molecule has 1 atom stereocenters. The molecule has 0 aromatic carbocycles. The number of ether oxygens (including phenoxy) is 3. The van der Waals surface area contributed by atoms with Crippen molar-refractivity contribution >= 4 is 17.9 Å². The highest BCUT2D eigenvalue weighted by atomic mass is 16.6. The molecule has 0 aromatic rings. The number of carbonyl (C=O) groups is 3. The van der Waals surface area contributed by atoms with Crippen LogP contribution < -0.4 is 0 Å². The highest BCUT2D eigenvalue weighted by Crippen LogP contribution is 2.17. The van der Waals surface area contributed by atoms with Crippen LogP contribution in [-0.2, 0) is 28.6 Å². The van der Waals surface area contributed by atoms with E-state index in [1.54, 1.807) is 0 Å². The molecule has 0 aliphatic rings. The van der Waals surface area contributed by atoms with Gasteiger partial charge in [0.25, 0.3) is 0 Å². The number of carbonyl (C=O) groups excluding carboxylic acids is 3. The first-order valence-electron chi connectivity index (χ1n) is 23.7. The molecule has 0 aliphatic carbocycles. The quantitative estimate of drug-likeness (QED) is 0.0350. The van der Waals surface area contributed by atoms with Crippen molar-refractivity contribution in [2.45, 2.75) is 265 Å². The average molecular weight is 765 g/mol. The van der Waals surface area contributed by atoms with Gasteiger partial charge in [-0.2, -0.15) is 0 Å². The monoisotopic (exact) mass is 765 g/mol. The van der Waals surface area contributed by atoms with Gasteiger partial charge in [-0.05, 0) is 31.1 Å². The Morgan fingerprint density at radius 1 is 0.352 bits per heavy atom. The van der Waals surface area contributed by atoms with Crippen LogP contribution >= 0.6 is 0 Å². The summed E-state index contributed by atoms with van der Waals surface area (Å²) < 4.78 is 16.7. The molecule has 6 heteroatoms. The van der Waals surface area contributed by atoms with E-state index < -0.39 is 6.10 Å². The largest absolute Gasteiger partial charge is 0.462 e. The van der Waals surface area contributed by atoms with E-state index in [2.05, 4.69) is 34.6 Å². The molecule has 0 rings (SSSR count). The second-order valence-corrected chi connectivity index (χ2v) is 17.3. The average Bonchev–Trinajstić information content (AvgIpc) is 3.14. The number of rotatable bonds is 42.